The lowest BCUT2D eigenvalue weighted by molar-refractivity contribution is -0.120. The van der Waals surface area contributed by atoms with Gasteiger partial charge in [-0.15, -0.1) is 11.3 Å². The molecule has 0 spiro atoms. The van der Waals surface area contributed by atoms with Gasteiger partial charge >= 0.3 is 0 Å². The zero-order valence-corrected chi connectivity index (χ0v) is 14.9. The maximum atomic E-state index is 12.1. The molecule has 1 N–H and O–H groups in total. The molecule has 2 aromatic carbocycles. The van der Waals surface area contributed by atoms with Crippen LogP contribution in [-0.2, 0) is 17.8 Å². The van der Waals surface area contributed by atoms with Crippen LogP contribution in [0.4, 0.5) is 0 Å². The Labute approximate surface area is 151 Å². The van der Waals surface area contributed by atoms with E-state index in [0.29, 0.717) is 19.6 Å². The molecule has 0 atom stereocenters. The maximum Gasteiger partial charge on any atom is 0.227 e. The fraction of sp³-hybridized carbons (Fsp3) is 0.200. The van der Waals surface area contributed by atoms with E-state index in [1.807, 2.05) is 66.9 Å². The van der Waals surface area contributed by atoms with E-state index in [-0.39, 0.29) is 5.91 Å². The summed E-state index contributed by atoms with van der Waals surface area (Å²) in [6.45, 7) is 3.15. The molecule has 4 nitrogen and oxygen atoms in total. The molecule has 0 unspecified atom stereocenters. The highest BCUT2D eigenvalue weighted by Gasteiger charge is 2.09. The van der Waals surface area contributed by atoms with Crippen molar-refractivity contribution in [3.8, 4) is 17.0 Å². The van der Waals surface area contributed by atoms with E-state index in [2.05, 4.69) is 10.3 Å². The number of benzene rings is 2. The number of rotatable bonds is 7. The molecule has 0 aliphatic carbocycles. The Balaban J connectivity index is 1.56. The van der Waals surface area contributed by atoms with E-state index < -0.39 is 0 Å². The van der Waals surface area contributed by atoms with Crippen LogP contribution in [0.25, 0.3) is 11.3 Å². The van der Waals surface area contributed by atoms with E-state index >= 15 is 0 Å². The largest absolute Gasteiger partial charge is 0.494 e. The third kappa shape index (κ3) is 4.90. The van der Waals surface area contributed by atoms with E-state index in [0.717, 1.165) is 27.6 Å². The molecule has 25 heavy (non-hydrogen) atoms. The summed E-state index contributed by atoms with van der Waals surface area (Å²) in [4.78, 5) is 16.7. The minimum Gasteiger partial charge on any atom is -0.494 e. The van der Waals surface area contributed by atoms with Crippen molar-refractivity contribution in [2.75, 3.05) is 6.61 Å². The first kappa shape index (κ1) is 17.2. The average Bonchev–Trinajstić information content (AvgIpc) is 3.10. The van der Waals surface area contributed by atoms with Crippen LogP contribution in [0, 0.1) is 0 Å². The van der Waals surface area contributed by atoms with Crippen molar-refractivity contribution >= 4 is 17.2 Å². The lowest BCUT2D eigenvalue weighted by Gasteiger charge is -2.04. The Morgan fingerprint density at radius 1 is 1.12 bits per heavy atom. The first-order valence-electron chi connectivity index (χ1n) is 8.23. The summed E-state index contributed by atoms with van der Waals surface area (Å²) in [5.41, 5.74) is 3.00. The fourth-order valence-electron chi connectivity index (χ4n) is 2.41. The highest BCUT2D eigenvalue weighted by molar-refractivity contribution is 7.10. The molecule has 0 aliphatic rings. The van der Waals surface area contributed by atoms with E-state index in [1.54, 1.807) is 0 Å². The molecule has 128 valence electrons. The number of amides is 1. The van der Waals surface area contributed by atoms with Crippen LogP contribution in [0.2, 0.25) is 0 Å². The van der Waals surface area contributed by atoms with Crippen molar-refractivity contribution in [2.24, 2.45) is 0 Å². The first-order valence-corrected chi connectivity index (χ1v) is 9.11. The Bertz CT molecular complexity index is 813. The van der Waals surface area contributed by atoms with E-state index in [1.165, 1.54) is 11.3 Å². The molecular weight excluding hydrogens is 332 g/mol. The molecule has 0 bridgehead atoms. The van der Waals surface area contributed by atoms with Crippen molar-refractivity contribution in [2.45, 2.75) is 19.9 Å². The van der Waals surface area contributed by atoms with Gasteiger partial charge in [0.1, 0.15) is 10.8 Å². The molecule has 0 aliphatic heterocycles. The number of nitrogens with one attached hydrogen (secondary N) is 1. The third-order valence-electron chi connectivity index (χ3n) is 3.66. The first-order chi connectivity index (χ1) is 12.2. The summed E-state index contributed by atoms with van der Waals surface area (Å²) in [7, 11) is 0. The third-order valence-corrected chi connectivity index (χ3v) is 4.51. The molecule has 0 fully saturated rings. The molecule has 3 aromatic rings. The Morgan fingerprint density at radius 3 is 2.60 bits per heavy atom. The lowest BCUT2D eigenvalue weighted by Crippen LogP contribution is -2.24. The Kier molecular flexibility index (Phi) is 5.80. The number of carbonyl (C=O) groups is 1. The maximum absolute atomic E-state index is 12.1. The lowest BCUT2D eigenvalue weighted by atomic mass is 10.2. The second kappa shape index (κ2) is 8.44. The van der Waals surface area contributed by atoms with E-state index in [9.17, 15) is 4.79 Å². The minimum absolute atomic E-state index is 0.0172. The Hall–Kier alpha value is -2.66. The number of hydrogen-bond donors (Lipinski definition) is 1. The zero-order chi connectivity index (χ0) is 17.5. The number of carbonyl (C=O) groups excluding carboxylic acids is 1. The van der Waals surface area contributed by atoms with Gasteiger partial charge in [-0.05, 0) is 36.8 Å². The van der Waals surface area contributed by atoms with Crippen LogP contribution in [0.3, 0.4) is 0 Å². The Morgan fingerprint density at radius 2 is 1.88 bits per heavy atom. The summed E-state index contributed by atoms with van der Waals surface area (Å²) in [6, 6.07) is 17.7. The van der Waals surface area contributed by atoms with Crippen LogP contribution < -0.4 is 10.1 Å². The molecule has 1 heterocycles. The summed E-state index contributed by atoms with van der Waals surface area (Å²) < 4.78 is 5.45. The number of aromatic nitrogens is 1. The van der Waals surface area contributed by atoms with Crippen LogP contribution in [-0.4, -0.2) is 17.5 Å². The predicted molar refractivity (Wildman–Crippen MR) is 101 cm³/mol. The highest BCUT2D eigenvalue weighted by atomic mass is 32.1. The highest BCUT2D eigenvalue weighted by Crippen LogP contribution is 2.24. The van der Waals surface area contributed by atoms with Gasteiger partial charge in [-0.2, -0.15) is 0 Å². The van der Waals surface area contributed by atoms with Crippen molar-refractivity contribution in [1.29, 1.82) is 0 Å². The molecule has 0 saturated carbocycles. The number of thiazole rings is 1. The van der Waals surface area contributed by atoms with Gasteiger partial charge in [0.05, 0.1) is 18.7 Å². The molecule has 0 radical (unpaired) electrons. The normalized spacial score (nSPS) is 10.4. The quantitative estimate of drug-likeness (QED) is 0.697. The monoisotopic (exact) mass is 352 g/mol. The number of ether oxygens (including phenoxy) is 1. The number of nitrogens with zero attached hydrogens (tertiary/aromatic N) is 1. The second-order valence-electron chi connectivity index (χ2n) is 5.52. The van der Waals surface area contributed by atoms with Gasteiger partial charge < -0.3 is 10.1 Å². The van der Waals surface area contributed by atoms with Crippen LogP contribution >= 0.6 is 11.3 Å². The summed E-state index contributed by atoms with van der Waals surface area (Å²) in [5.74, 6) is 0.832. The SMILES string of the molecule is CCOc1ccc(-c2csc(CC(=O)NCc3ccccc3)n2)cc1. The fourth-order valence-corrected chi connectivity index (χ4v) is 3.21. The average molecular weight is 352 g/mol. The molecule has 3 rings (SSSR count). The summed E-state index contributed by atoms with van der Waals surface area (Å²) in [6.07, 6.45) is 0.300. The molecular formula is C20H20N2O2S. The van der Waals surface area contributed by atoms with Gasteiger partial charge in [0.25, 0.3) is 0 Å². The van der Waals surface area contributed by atoms with Crippen molar-refractivity contribution in [3.63, 3.8) is 0 Å². The topological polar surface area (TPSA) is 51.2 Å². The number of hydrogen-bond acceptors (Lipinski definition) is 4. The zero-order valence-electron chi connectivity index (χ0n) is 14.1. The molecule has 0 saturated heterocycles. The van der Waals surface area contributed by atoms with Crippen molar-refractivity contribution in [3.05, 3.63) is 70.5 Å². The molecule has 1 aromatic heterocycles. The summed E-state index contributed by atoms with van der Waals surface area (Å²) >= 11 is 1.51. The molecule has 5 heteroatoms. The standard InChI is InChI=1S/C20H20N2O2S/c1-2-24-17-10-8-16(9-11-17)18-14-25-20(22-18)12-19(23)21-13-15-6-4-3-5-7-15/h3-11,14H,2,12-13H2,1H3,(H,21,23). The van der Waals surface area contributed by atoms with Gasteiger partial charge in [-0.3, -0.25) is 4.79 Å². The summed E-state index contributed by atoms with van der Waals surface area (Å²) in [5, 5.41) is 5.73. The second-order valence-corrected chi connectivity index (χ2v) is 6.47. The van der Waals surface area contributed by atoms with Gasteiger partial charge in [-0.1, -0.05) is 30.3 Å². The molecule has 1 amide bonds. The predicted octanol–water partition coefficient (Wildman–Crippen LogP) is 4.07. The minimum atomic E-state index is -0.0172. The van der Waals surface area contributed by atoms with Crippen molar-refractivity contribution < 1.29 is 9.53 Å². The van der Waals surface area contributed by atoms with E-state index in [4.69, 9.17) is 4.74 Å². The van der Waals surface area contributed by atoms with Crippen LogP contribution in [0.1, 0.15) is 17.5 Å². The van der Waals surface area contributed by atoms with Crippen molar-refractivity contribution in [1.82, 2.24) is 10.3 Å². The van der Waals surface area contributed by atoms with Crippen LogP contribution in [0.5, 0.6) is 5.75 Å². The van der Waals surface area contributed by atoms with Gasteiger partial charge in [0, 0.05) is 17.5 Å². The van der Waals surface area contributed by atoms with Gasteiger partial charge in [0.2, 0.25) is 5.91 Å². The smallest absolute Gasteiger partial charge is 0.227 e. The van der Waals surface area contributed by atoms with Gasteiger partial charge in [0.15, 0.2) is 0 Å². The van der Waals surface area contributed by atoms with Gasteiger partial charge in [-0.25, -0.2) is 4.98 Å². The van der Waals surface area contributed by atoms with Crippen LogP contribution in [0.15, 0.2) is 60.0 Å².